The highest BCUT2D eigenvalue weighted by molar-refractivity contribution is 9.11. The number of hydrogen-bond donors (Lipinski definition) is 2. The lowest BCUT2D eigenvalue weighted by Gasteiger charge is -2.19. The van der Waals surface area contributed by atoms with Crippen LogP contribution in [0.3, 0.4) is 0 Å². The molecular formula is C23H10Br2F6N2O2. The summed E-state index contributed by atoms with van der Waals surface area (Å²) in [5, 5.41) is 2.03. The number of carbonyl (C=O) groups excluding carboxylic acids is 2. The minimum atomic E-state index is -3.88. The van der Waals surface area contributed by atoms with Crippen LogP contribution in [0.2, 0.25) is 0 Å². The zero-order valence-corrected chi connectivity index (χ0v) is 20.1. The third-order valence-electron chi connectivity index (χ3n) is 4.71. The summed E-state index contributed by atoms with van der Waals surface area (Å²) >= 11 is 6.13. The lowest BCUT2D eigenvalue weighted by Crippen LogP contribution is -2.20. The average molecular weight is 620 g/mol. The molecule has 2 amide bonds. The summed E-state index contributed by atoms with van der Waals surface area (Å²) in [5.74, 6) is -9.17. The SMILES string of the molecule is NC(=O)c1ccc(-c2c(Br)cc(C(F)(F)C#CF)cc2Br)c(NC(=O)c2c(F)cccc2F)c1F. The molecular weight excluding hydrogens is 610 g/mol. The van der Waals surface area contributed by atoms with Gasteiger partial charge in [0.25, 0.3) is 11.8 Å². The fourth-order valence-corrected chi connectivity index (χ4v) is 4.74. The van der Waals surface area contributed by atoms with Crippen molar-refractivity contribution < 1.29 is 35.9 Å². The molecule has 3 aromatic rings. The Hall–Kier alpha value is -3.30. The van der Waals surface area contributed by atoms with E-state index in [-0.39, 0.29) is 20.1 Å². The van der Waals surface area contributed by atoms with Gasteiger partial charge in [0.15, 0.2) is 5.82 Å². The predicted octanol–water partition coefficient (Wildman–Crippen LogP) is 6.67. The first kappa shape index (κ1) is 26.3. The first-order valence-electron chi connectivity index (χ1n) is 9.27. The van der Waals surface area contributed by atoms with Crippen molar-refractivity contribution in [1.82, 2.24) is 0 Å². The second-order valence-corrected chi connectivity index (χ2v) is 8.58. The van der Waals surface area contributed by atoms with Crippen LogP contribution in [0.5, 0.6) is 0 Å². The van der Waals surface area contributed by atoms with Gasteiger partial charge in [0.1, 0.15) is 23.4 Å². The predicted molar refractivity (Wildman–Crippen MR) is 123 cm³/mol. The summed E-state index contributed by atoms with van der Waals surface area (Å²) in [7, 11) is 0. The molecule has 0 saturated heterocycles. The minimum Gasteiger partial charge on any atom is -0.366 e. The smallest absolute Gasteiger partial charge is 0.336 e. The number of primary amides is 1. The fourth-order valence-electron chi connectivity index (χ4n) is 3.13. The first-order chi connectivity index (χ1) is 16.4. The molecule has 35 heavy (non-hydrogen) atoms. The van der Waals surface area contributed by atoms with Crippen LogP contribution in [-0.4, -0.2) is 11.8 Å². The quantitative estimate of drug-likeness (QED) is 0.247. The topological polar surface area (TPSA) is 72.2 Å². The van der Waals surface area contributed by atoms with Crippen molar-refractivity contribution in [2.24, 2.45) is 5.73 Å². The summed E-state index contributed by atoms with van der Waals surface area (Å²) in [6, 6.07) is 6.50. The highest BCUT2D eigenvalue weighted by atomic mass is 79.9. The number of rotatable bonds is 5. The highest BCUT2D eigenvalue weighted by Crippen LogP contribution is 2.44. The number of alkyl halides is 2. The Morgan fingerprint density at radius 2 is 1.54 bits per heavy atom. The van der Waals surface area contributed by atoms with Crippen LogP contribution < -0.4 is 11.1 Å². The number of anilines is 1. The molecule has 0 saturated carbocycles. The molecule has 3 N–H and O–H groups in total. The zero-order valence-electron chi connectivity index (χ0n) is 17.0. The Labute approximate surface area is 210 Å². The van der Waals surface area contributed by atoms with E-state index in [4.69, 9.17) is 5.73 Å². The maximum atomic E-state index is 15.3. The summed E-state index contributed by atoms with van der Waals surface area (Å²) in [6.07, 6.45) is 0.639. The van der Waals surface area contributed by atoms with Gasteiger partial charge in [0, 0.05) is 31.6 Å². The van der Waals surface area contributed by atoms with Crippen LogP contribution in [-0.2, 0) is 5.92 Å². The Kier molecular flexibility index (Phi) is 7.62. The van der Waals surface area contributed by atoms with Gasteiger partial charge in [-0.3, -0.25) is 9.59 Å². The Morgan fingerprint density at radius 1 is 0.971 bits per heavy atom. The van der Waals surface area contributed by atoms with Crippen molar-refractivity contribution >= 4 is 49.4 Å². The molecule has 0 aliphatic rings. The lowest BCUT2D eigenvalue weighted by molar-refractivity contribution is 0.0633. The van der Waals surface area contributed by atoms with Crippen molar-refractivity contribution in [3.05, 3.63) is 85.6 Å². The molecule has 0 aromatic heterocycles. The molecule has 0 radical (unpaired) electrons. The van der Waals surface area contributed by atoms with Gasteiger partial charge in [-0.1, -0.05) is 44.0 Å². The van der Waals surface area contributed by atoms with Crippen molar-refractivity contribution in [3.63, 3.8) is 0 Å². The fraction of sp³-hybridized carbons (Fsp3) is 0.0435. The normalized spacial score (nSPS) is 11.0. The number of nitrogens with two attached hydrogens (primary N) is 1. The Balaban J connectivity index is 2.24. The molecule has 0 heterocycles. The van der Waals surface area contributed by atoms with Crippen molar-refractivity contribution in [2.75, 3.05) is 5.32 Å². The van der Waals surface area contributed by atoms with Gasteiger partial charge in [-0.05, 0) is 30.3 Å². The van der Waals surface area contributed by atoms with Crippen molar-refractivity contribution in [3.8, 4) is 23.2 Å². The largest absolute Gasteiger partial charge is 0.366 e. The monoisotopic (exact) mass is 618 g/mol. The molecule has 0 spiro atoms. The van der Waals surface area contributed by atoms with E-state index in [0.29, 0.717) is 6.17 Å². The van der Waals surface area contributed by atoms with Crippen LogP contribution >= 0.6 is 31.9 Å². The number of carbonyl (C=O) groups is 2. The van der Waals surface area contributed by atoms with Gasteiger partial charge in [0.05, 0.1) is 11.3 Å². The number of nitrogens with one attached hydrogen (secondary N) is 1. The minimum absolute atomic E-state index is 0.00279. The molecule has 12 heteroatoms. The standard InChI is InChI=1S/C23H10Br2F6N2O2/c24-13-8-10(23(30,31)6-7-26)9-14(25)17(13)11-4-5-12(21(32)34)19(29)20(11)33-22(35)18-15(27)2-1-3-16(18)28/h1-5,8-9H,(H2,32,34)(H,33,35). The third kappa shape index (κ3) is 5.21. The second kappa shape index (κ2) is 10.1. The molecule has 0 aliphatic heterocycles. The summed E-state index contributed by atoms with van der Waals surface area (Å²) in [6.45, 7) is 0. The molecule has 3 aromatic carbocycles. The van der Waals surface area contributed by atoms with Crippen molar-refractivity contribution in [1.29, 1.82) is 0 Å². The van der Waals surface area contributed by atoms with E-state index >= 15 is 4.39 Å². The molecule has 3 rings (SSSR count). The number of hydrogen-bond acceptors (Lipinski definition) is 2. The number of halogens is 8. The van der Waals surface area contributed by atoms with Gasteiger partial charge in [-0.2, -0.15) is 8.78 Å². The van der Waals surface area contributed by atoms with E-state index in [9.17, 15) is 31.5 Å². The first-order valence-corrected chi connectivity index (χ1v) is 10.9. The van der Waals surface area contributed by atoms with Gasteiger partial charge in [-0.15, -0.1) is 4.39 Å². The maximum Gasteiger partial charge on any atom is 0.336 e. The van der Waals surface area contributed by atoms with Crippen LogP contribution in [0.1, 0.15) is 26.3 Å². The molecule has 0 atom stereocenters. The summed E-state index contributed by atoms with van der Waals surface area (Å²) < 4.78 is 83.6. The molecule has 4 nitrogen and oxygen atoms in total. The second-order valence-electron chi connectivity index (χ2n) is 6.87. The van der Waals surface area contributed by atoms with Crippen LogP contribution in [0.25, 0.3) is 11.1 Å². The van der Waals surface area contributed by atoms with Gasteiger partial charge in [-0.25, -0.2) is 13.2 Å². The molecule has 0 fully saturated rings. The van der Waals surface area contributed by atoms with Crippen LogP contribution in [0.15, 0.2) is 51.4 Å². The molecule has 180 valence electrons. The van der Waals surface area contributed by atoms with Crippen molar-refractivity contribution in [2.45, 2.75) is 5.92 Å². The van der Waals surface area contributed by atoms with E-state index in [1.807, 2.05) is 5.32 Å². The van der Waals surface area contributed by atoms with E-state index in [2.05, 4.69) is 31.9 Å². The molecule has 0 aliphatic carbocycles. The van der Waals surface area contributed by atoms with E-state index in [0.717, 1.165) is 48.4 Å². The Bertz CT molecular complexity index is 1390. The summed E-state index contributed by atoms with van der Waals surface area (Å²) in [4.78, 5) is 24.3. The van der Waals surface area contributed by atoms with E-state index in [1.165, 1.54) is 0 Å². The van der Waals surface area contributed by atoms with E-state index in [1.54, 1.807) is 0 Å². The van der Waals surface area contributed by atoms with Crippen LogP contribution in [0, 0.1) is 29.5 Å². The van der Waals surface area contributed by atoms with Gasteiger partial charge < -0.3 is 11.1 Å². The van der Waals surface area contributed by atoms with Gasteiger partial charge in [0.2, 0.25) is 0 Å². The average Bonchev–Trinajstić information content (AvgIpc) is 2.75. The molecule has 0 bridgehead atoms. The number of benzene rings is 3. The van der Waals surface area contributed by atoms with Crippen LogP contribution in [0.4, 0.5) is 32.0 Å². The lowest BCUT2D eigenvalue weighted by atomic mass is 9.97. The highest BCUT2D eigenvalue weighted by Gasteiger charge is 2.32. The van der Waals surface area contributed by atoms with Gasteiger partial charge >= 0.3 is 5.92 Å². The number of amides is 2. The van der Waals surface area contributed by atoms with E-state index < -0.39 is 57.6 Å². The maximum absolute atomic E-state index is 15.3. The Morgan fingerprint density at radius 3 is 2.06 bits per heavy atom. The third-order valence-corrected chi connectivity index (χ3v) is 5.96. The zero-order chi connectivity index (χ0) is 26.1. The summed E-state index contributed by atoms with van der Waals surface area (Å²) in [5.41, 5.74) is 1.86. The molecule has 0 unspecified atom stereocenters.